The van der Waals surface area contributed by atoms with Crippen LogP contribution in [0.3, 0.4) is 0 Å². The first kappa shape index (κ1) is 12.3. The molecular formula is C11H17NO2S. The molecule has 84 valence electrons. The Balaban J connectivity index is 2.74. The molecule has 15 heavy (non-hydrogen) atoms. The summed E-state index contributed by atoms with van der Waals surface area (Å²) in [7, 11) is 0. The highest BCUT2D eigenvalue weighted by molar-refractivity contribution is 8.00. The second-order valence-corrected chi connectivity index (χ2v) is 4.67. The molecule has 0 amide bonds. The molecule has 2 unspecified atom stereocenters. The molecule has 1 N–H and O–H groups in total. The molecule has 3 nitrogen and oxygen atoms in total. The maximum atomic E-state index is 9.41. The average Bonchev–Trinajstić information content (AvgIpc) is 2.21. The number of rotatable bonds is 5. The van der Waals surface area contributed by atoms with Gasteiger partial charge in [0.15, 0.2) is 5.75 Å². The van der Waals surface area contributed by atoms with Gasteiger partial charge in [-0.1, -0.05) is 18.7 Å². The van der Waals surface area contributed by atoms with Crippen molar-refractivity contribution in [3.8, 4) is 5.75 Å². The SMILES string of the molecule is CCOc1cccnc1SC(C)C(C)O. The number of aliphatic hydroxyl groups is 1. The topological polar surface area (TPSA) is 42.4 Å². The summed E-state index contributed by atoms with van der Waals surface area (Å²) in [6.07, 6.45) is 1.38. The van der Waals surface area contributed by atoms with Gasteiger partial charge in [0, 0.05) is 11.4 Å². The number of ether oxygens (including phenoxy) is 1. The Morgan fingerprint density at radius 2 is 2.27 bits per heavy atom. The van der Waals surface area contributed by atoms with Crippen molar-refractivity contribution in [3.63, 3.8) is 0 Å². The maximum absolute atomic E-state index is 9.41. The monoisotopic (exact) mass is 227 g/mol. The van der Waals surface area contributed by atoms with E-state index in [1.54, 1.807) is 13.1 Å². The molecule has 1 aromatic heterocycles. The minimum Gasteiger partial charge on any atom is -0.491 e. The van der Waals surface area contributed by atoms with Crippen molar-refractivity contribution in [1.82, 2.24) is 4.98 Å². The number of aromatic nitrogens is 1. The van der Waals surface area contributed by atoms with Crippen molar-refractivity contribution >= 4 is 11.8 Å². The minimum absolute atomic E-state index is 0.110. The molecule has 0 aliphatic carbocycles. The van der Waals surface area contributed by atoms with E-state index < -0.39 is 0 Å². The van der Waals surface area contributed by atoms with E-state index in [0.717, 1.165) is 10.8 Å². The zero-order chi connectivity index (χ0) is 11.3. The number of aliphatic hydroxyl groups excluding tert-OH is 1. The van der Waals surface area contributed by atoms with Crippen molar-refractivity contribution in [3.05, 3.63) is 18.3 Å². The van der Waals surface area contributed by atoms with Gasteiger partial charge in [-0.05, 0) is 26.0 Å². The Hall–Kier alpha value is -0.740. The van der Waals surface area contributed by atoms with Gasteiger partial charge in [-0.2, -0.15) is 0 Å². The summed E-state index contributed by atoms with van der Waals surface area (Å²) in [5, 5.41) is 10.4. The third-order valence-corrected chi connectivity index (χ3v) is 3.31. The Labute approximate surface area is 94.9 Å². The molecule has 2 atom stereocenters. The van der Waals surface area contributed by atoms with E-state index >= 15 is 0 Å². The van der Waals surface area contributed by atoms with Crippen LogP contribution in [-0.2, 0) is 0 Å². The number of nitrogens with zero attached hydrogens (tertiary/aromatic N) is 1. The molecule has 4 heteroatoms. The standard InChI is InChI=1S/C11H17NO2S/c1-4-14-10-6-5-7-12-11(10)15-9(3)8(2)13/h5-9,13H,4H2,1-3H3. The molecule has 0 aliphatic rings. The van der Waals surface area contributed by atoms with Crippen LogP contribution in [0.5, 0.6) is 5.75 Å². The number of hydrogen-bond donors (Lipinski definition) is 1. The molecule has 0 spiro atoms. The van der Waals surface area contributed by atoms with Gasteiger partial charge in [0.1, 0.15) is 5.03 Å². The molecule has 0 aromatic carbocycles. The van der Waals surface area contributed by atoms with Crippen molar-refractivity contribution in [2.45, 2.75) is 37.2 Å². The summed E-state index contributed by atoms with van der Waals surface area (Å²) in [5.74, 6) is 0.789. The van der Waals surface area contributed by atoms with E-state index in [-0.39, 0.29) is 11.4 Å². The highest BCUT2D eigenvalue weighted by Crippen LogP contribution is 2.30. The summed E-state index contributed by atoms with van der Waals surface area (Å²) in [4.78, 5) is 4.25. The molecule has 0 bridgehead atoms. The molecule has 0 aliphatic heterocycles. The third-order valence-electron chi connectivity index (χ3n) is 2.01. The van der Waals surface area contributed by atoms with E-state index in [4.69, 9.17) is 4.74 Å². The second-order valence-electron chi connectivity index (χ2n) is 3.30. The van der Waals surface area contributed by atoms with Gasteiger partial charge >= 0.3 is 0 Å². The molecule has 1 aromatic rings. The van der Waals surface area contributed by atoms with Crippen LogP contribution in [0.15, 0.2) is 23.4 Å². The fourth-order valence-electron chi connectivity index (χ4n) is 1.00. The lowest BCUT2D eigenvalue weighted by Gasteiger charge is -2.15. The average molecular weight is 227 g/mol. The summed E-state index contributed by atoms with van der Waals surface area (Å²) >= 11 is 1.53. The van der Waals surface area contributed by atoms with Gasteiger partial charge in [-0.3, -0.25) is 0 Å². The lowest BCUT2D eigenvalue weighted by molar-refractivity contribution is 0.196. The summed E-state index contributed by atoms with van der Waals surface area (Å²) in [6, 6.07) is 3.75. The van der Waals surface area contributed by atoms with E-state index in [2.05, 4.69) is 4.98 Å². The van der Waals surface area contributed by atoms with Crippen LogP contribution in [0.25, 0.3) is 0 Å². The Bertz CT molecular complexity index is 304. The predicted octanol–water partition coefficient (Wildman–Crippen LogP) is 2.34. The number of hydrogen-bond acceptors (Lipinski definition) is 4. The lowest BCUT2D eigenvalue weighted by Crippen LogP contribution is -2.15. The third kappa shape index (κ3) is 3.72. The van der Waals surface area contributed by atoms with Crippen LogP contribution in [0.1, 0.15) is 20.8 Å². The van der Waals surface area contributed by atoms with Gasteiger partial charge in [-0.15, -0.1) is 0 Å². The second kappa shape index (κ2) is 5.98. The molecule has 1 heterocycles. The molecule has 0 fully saturated rings. The van der Waals surface area contributed by atoms with E-state index in [9.17, 15) is 5.11 Å². The maximum Gasteiger partial charge on any atom is 0.151 e. The van der Waals surface area contributed by atoms with Crippen LogP contribution >= 0.6 is 11.8 Å². The zero-order valence-corrected chi connectivity index (χ0v) is 10.1. The van der Waals surface area contributed by atoms with E-state index in [1.807, 2.05) is 26.0 Å². The first-order valence-corrected chi connectivity index (χ1v) is 5.95. The van der Waals surface area contributed by atoms with Crippen LogP contribution in [0.4, 0.5) is 0 Å². The van der Waals surface area contributed by atoms with Gasteiger partial charge in [0.05, 0.1) is 12.7 Å². The van der Waals surface area contributed by atoms with Gasteiger partial charge in [0.25, 0.3) is 0 Å². The van der Waals surface area contributed by atoms with Crippen molar-refractivity contribution in [1.29, 1.82) is 0 Å². The van der Waals surface area contributed by atoms with Gasteiger partial charge < -0.3 is 9.84 Å². The molecule has 0 saturated carbocycles. The highest BCUT2D eigenvalue weighted by atomic mass is 32.2. The molecule has 1 rings (SSSR count). The molecule has 0 radical (unpaired) electrons. The predicted molar refractivity (Wildman–Crippen MR) is 62.4 cm³/mol. The zero-order valence-electron chi connectivity index (χ0n) is 9.30. The fraction of sp³-hybridized carbons (Fsp3) is 0.545. The number of thioether (sulfide) groups is 1. The Morgan fingerprint density at radius 1 is 1.53 bits per heavy atom. The summed E-state index contributed by atoms with van der Waals surface area (Å²) in [6.45, 7) is 6.32. The van der Waals surface area contributed by atoms with E-state index in [1.165, 1.54) is 11.8 Å². The number of pyridine rings is 1. The quantitative estimate of drug-likeness (QED) is 0.784. The Morgan fingerprint density at radius 3 is 2.87 bits per heavy atom. The normalized spacial score (nSPS) is 14.7. The van der Waals surface area contributed by atoms with Gasteiger partial charge in [-0.25, -0.2) is 4.98 Å². The highest BCUT2D eigenvalue weighted by Gasteiger charge is 2.14. The van der Waals surface area contributed by atoms with Crippen molar-refractivity contribution in [2.24, 2.45) is 0 Å². The van der Waals surface area contributed by atoms with Gasteiger partial charge in [0.2, 0.25) is 0 Å². The minimum atomic E-state index is -0.355. The van der Waals surface area contributed by atoms with Crippen molar-refractivity contribution in [2.75, 3.05) is 6.61 Å². The largest absolute Gasteiger partial charge is 0.491 e. The lowest BCUT2D eigenvalue weighted by atomic mass is 10.3. The van der Waals surface area contributed by atoms with Crippen LogP contribution in [-0.4, -0.2) is 28.1 Å². The molecular weight excluding hydrogens is 210 g/mol. The summed E-state index contributed by atoms with van der Waals surface area (Å²) < 4.78 is 5.45. The molecule has 0 saturated heterocycles. The Kier molecular flexibility index (Phi) is 4.91. The van der Waals surface area contributed by atoms with Crippen molar-refractivity contribution < 1.29 is 9.84 Å². The first-order valence-electron chi connectivity index (χ1n) is 5.07. The summed E-state index contributed by atoms with van der Waals surface area (Å²) in [5.41, 5.74) is 0. The van der Waals surface area contributed by atoms with Crippen LogP contribution in [0, 0.1) is 0 Å². The van der Waals surface area contributed by atoms with E-state index in [0.29, 0.717) is 6.61 Å². The smallest absolute Gasteiger partial charge is 0.151 e. The van der Waals surface area contributed by atoms with Crippen LogP contribution in [0.2, 0.25) is 0 Å². The fourth-order valence-corrected chi connectivity index (χ4v) is 1.92. The van der Waals surface area contributed by atoms with Crippen LogP contribution < -0.4 is 4.74 Å². The first-order chi connectivity index (χ1) is 7.15.